The number of hydrogen-bond acceptors (Lipinski definition) is 3. The minimum Gasteiger partial charge on any atom is -0.399 e. The van der Waals surface area contributed by atoms with Gasteiger partial charge < -0.3 is 16.0 Å². The molecule has 0 aliphatic carbocycles. The van der Waals surface area contributed by atoms with E-state index in [1.807, 2.05) is 19.1 Å². The molecule has 1 aliphatic heterocycles. The molecule has 0 aromatic heterocycles. The number of nitrogens with two attached hydrogens (primary N) is 1. The number of aryl methyl sites for hydroxylation is 1. The Morgan fingerprint density at radius 1 is 1.35 bits per heavy atom. The third kappa shape index (κ3) is 3.97. The maximum atomic E-state index is 12.2. The first-order valence-electron chi connectivity index (χ1n) is 7.49. The summed E-state index contributed by atoms with van der Waals surface area (Å²) in [6, 6.07) is 5.80. The Labute approximate surface area is 121 Å². The van der Waals surface area contributed by atoms with Gasteiger partial charge in [-0.15, -0.1) is 0 Å². The van der Waals surface area contributed by atoms with E-state index in [-0.39, 0.29) is 11.9 Å². The molecule has 110 valence electrons. The summed E-state index contributed by atoms with van der Waals surface area (Å²) in [7, 11) is 0. The zero-order valence-corrected chi connectivity index (χ0v) is 12.5. The fraction of sp³-hybridized carbons (Fsp3) is 0.562. The Morgan fingerprint density at radius 2 is 2.05 bits per heavy atom. The van der Waals surface area contributed by atoms with Crippen molar-refractivity contribution >= 4 is 11.6 Å². The van der Waals surface area contributed by atoms with Crippen LogP contribution >= 0.6 is 0 Å². The van der Waals surface area contributed by atoms with E-state index in [9.17, 15) is 4.79 Å². The molecule has 1 fully saturated rings. The van der Waals surface area contributed by atoms with E-state index in [1.165, 1.54) is 6.42 Å². The smallest absolute Gasteiger partial charge is 0.251 e. The molecule has 1 heterocycles. The van der Waals surface area contributed by atoms with E-state index >= 15 is 0 Å². The predicted octanol–water partition coefficient (Wildman–Crippen LogP) is 2.18. The zero-order chi connectivity index (χ0) is 14.5. The van der Waals surface area contributed by atoms with Crippen LogP contribution in [0.5, 0.6) is 0 Å². The highest BCUT2D eigenvalue weighted by Crippen LogP contribution is 2.14. The van der Waals surface area contributed by atoms with Crippen molar-refractivity contribution in [2.45, 2.75) is 39.2 Å². The van der Waals surface area contributed by atoms with Crippen molar-refractivity contribution in [3.63, 3.8) is 0 Å². The number of piperidine rings is 1. The molecule has 2 rings (SSSR count). The number of amides is 1. The average Bonchev–Trinajstić information content (AvgIpc) is 2.40. The molecule has 0 radical (unpaired) electrons. The topological polar surface area (TPSA) is 58.4 Å². The van der Waals surface area contributed by atoms with Crippen molar-refractivity contribution in [2.24, 2.45) is 0 Å². The van der Waals surface area contributed by atoms with E-state index in [1.54, 1.807) is 6.07 Å². The summed E-state index contributed by atoms with van der Waals surface area (Å²) in [5, 5.41) is 3.13. The summed E-state index contributed by atoms with van der Waals surface area (Å²) in [6.45, 7) is 7.48. The normalized spacial score (nSPS) is 17.1. The first-order valence-corrected chi connectivity index (χ1v) is 7.49. The van der Waals surface area contributed by atoms with Gasteiger partial charge in [0, 0.05) is 30.4 Å². The number of nitrogens with zero attached hydrogens (tertiary/aromatic N) is 1. The van der Waals surface area contributed by atoms with Crippen molar-refractivity contribution in [3.8, 4) is 0 Å². The van der Waals surface area contributed by atoms with Crippen LogP contribution in [0.2, 0.25) is 0 Å². The fourth-order valence-corrected chi connectivity index (χ4v) is 2.83. The van der Waals surface area contributed by atoms with Crippen molar-refractivity contribution in [3.05, 3.63) is 29.3 Å². The van der Waals surface area contributed by atoms with Gasteiger partial charge in [0.1, 0.15) is 0 Å². The Balaban J connectivity index is 1.89. The fourth-order valence-electron chi connectivity index (χ4n) is 2.83. The largest absolute Gasteiger partial charge is 0.399 e. The minimum atomic E-state index is -0.00524. The number of hydrogen-bond donors (Lipinski definition) is 2. The standard InChI is InChI=1S/C16H25N3O/c1-3-6-19-7-4-15(5-8-19)18-16(20)13-9-12(2)10-14(17)11-13/h9-11,15H,3-8,17H2,1-2H3,(H,18,20). The summed E-state index contributed by atoms with van der Waals surface area (Å²) < 4.78 is 0. The highest BCUT2D eigenvalue weighted by Gasteiger charge is 2.20. The highest BCUT2D eigenvalue weighted by molar-refractivity contribution is 5.95. The van der Waals surface area contributed by atoms with Crippen LogP contribution in [-0.4, -0.2) is 36.5 Å². The molecule has 3 N–H and O–H groups in total. The van der Waals surface area contributed by atoms with Gasteiger partial charge in [-0.3, -0.25) is 4.79 Å². The molecule has 4 heteroatoms. The van der Waals surface area contributed by atoms with Crippen LogP contribution < -0.4 is 11.1 Å². The molecule has 0 bridgehead atoms. The second-order valence-electron chi connectivity index (χ2n) is 5.72. The van der Waals surface area contributed by atoms with Crippen LogP contribution in [0.25, 0.3) is 0 Å². The molecule has 1 amide bonds. The Kier molecular flexibility index (Phi) is 5.01. The van der Waals surface area contributed by atoms with Gasteiger partial charge in [0.25, 0.3) is 5.91 Å². The average molecular weight is 275 g/mol. The molecule has 0 spiro atoms. The third-order valence-electron chi connectivity index (χ3n) is 3.82. The van der Waals surface area contributed by atoms with Crippen LogP contribution in [0, 0.1) is 6.92 Å². The van der Waals surface area contributed by atoms with Crippen molar-refractivity contribution in [2.75, 3.05) is 25.4 Å². The third-order valence-corrected chi connectivity index (χ3v) is 3.82. The maximum Gasteiger partial charge on any atom is 0.251 e. The number of nitrogen functional groups attached to an aromatic ring is 1. The Morgan fingerprint density at radius 3 is 2.65 bits per heavy atom. The summed E-state index contributed by atoms with van der Waals surface area (Å²) in [6.07, 6.45) is 3.26. The van der Waals surface area contributed by atoms with Crippen LogP contribution in [0.3, 0.4) is 0 Å². The Hall–Kier alpha value is -1.55. The van der Waals surface area contributed by atoms with Gasteiger partial charge in [0.2, 0.25) is 0 Å². The van der Waals surface area contributed by atoms with E-state index in [2.05, 4.69) is 17.1 Å². The lowest BCUT2D eigenvalue weighted by Gasteiger charge is -2.32. The summed E-state index contributed by atoms with van der Waals surface area (Å²) in [5.74, 6) is -0.00524. The molecule has 0 unspecified atom stereocenters. The summed E-state index contributed by atoms with van der Waals surface area (Å²) in [4.78, 5) is 14.7. The molecular weight excluding hydrogens is 250 g/mol. The van der Waals surface area contributed by atoms with E-state index < -0.39 is 0 Å². The number of rotatable bonds is 4. The van der Waals surface area contributed by atoms with Crippen molar-refractivity contribution in [1.82, 2.24) is 10.2 Å². The van der Waals surface area contributed by atoms with Gasteiger partial charge >= 0.3 is 0 Å². The zero-order valence-electron chi connectivity index (χ0n) is 12.5. The monoisotopic (exact) mass is 275 g/mol. The van der Waals surface area contributed by atoms with Gasteiger partial charge in [-0.25, -0.2) is 0 Å². The second kappa shape index (κ2) is 6.75. The van der Waals surface area contributed by atoms with E-state index in [0.717, 1.165) is 38.0 Å². The SMILES string of the molecule is CCCN1CCC(NC(=O)c2cc(C)cc(N)c2)CC1. The molecule has 1 aliphatic rings. The van der Waals surface area contributed by atoms with Gasteiger partial charge in [-0.05, 0) is 56.5 Å². The number of benzene rings is 1. The van der Waals surface area contributed by atoms with E-state index in [0.29, 0.717) is 11.3 Å². The molecule has 0 saturated carbocycles. The molecule has 0 atom stereocenters. The van der Waals surface area contributed by atoms with Gasteiger partial charge in [-0.2, -0.15) is 0 Å². The highest BCUT2D eigenvalue weighted by atomic mass is 16.1. The van der Waals surface area contributed by atoms with Crippen molar-refractivity contribution < 1.29 is 4.79 Å². The molecule has 1 saturated heterocycles. The maximum absolute atomic E-state index is 12.2. The minimum absolute atomic E-state index is 0.00524. The van der Waals surface area contributed by atoms with Crippen molar-refractivity contribution in [1.29, 1.82) is 0 Å². The second-order valence-corrected chi connectivity index (χ2v) is 5.72. The molecule has 4 nitrogen and oxygen atoms in total. The Bertz CT molecular complexity index is 445. The van der Waals surface area contributed by atoms with Gasteiger partial charge in [-0.1, -0.05) is 6.92 Å². The number of carbonyl (C=O) groups excluding carboxylic acids is 1. The number of carbonyl (C=O) groups is 1. The number of anilines is 1. The van der Waals surface area contributed by atoms with Crippen LogP contribution in [0.15, 0.2) is 18.2 Å². The summed E-state index contributed by atoms with van der Waals surface area (Å²) >= 11 is 0. The lowest BCUT2D eigenvalue weighted by molar-refractivity contribution is 0.0911. The van der Waals surface area contributed by atoms with Crippen LogP contribution in [0.1, 0.15) is 42.1 Å². The first-order chi connectivity index (χ1) is 9.58. The molecule has 20 heavy (non-hydrogen) atoms. The number of likely N-dealkylation sites (tertiary alicyclic amines) is 1. The summed E-state index contributed by atoms with van der Waals surface area (Å²) in [5.41, 5.74) is 8.13. The van der Waals surface area contributed by atoms with E-state index in [4.69, 9.17) is 5.73 Å². The molecular formula is C16H25N3O. The van der Waals surface area contributed by atoms with Gasteiger partial charge in [0.15, 0.2) is 0 Å². The van der Waals surface area contributed by atoms with Gasteiger partial charge in [0.05, 0.1) is 0 Å². The lowest BCUT2D eigenvalue weighted by atomic mass is 10.0. The molecule has 1 aromatic carbocycles. The first kappa shape index (κ1) is 14.9. The lowest BCUT2D eigenvalue weighted by Crippen LogP contribution is -2.44. The predicted molar refractivity (Wildman–Crippen MR) is 82.8 cm³/mol. The van der Waals surface area contributed by atoms with Crippen LogP contribution in [0.4, 0.5) is 5.69 Å². The molecule has 1 aromatic rings. The van der Waals surface area contributed by atoms with Crippen LogP contribution in [-0.2, 0) is 0 Å². The quantitative estimate of drug-likeness (QED) is 0.828. The number of nitrogens with one attached hydrogen (secondary N) is 1.